The Bertz CT molecular complexity index is 1900. The number of aliphatic hydroxyl groups excluding tert-OH is 1. The van der Waals surface area contributed by atoms with Crippen molar-refractivity contribution >= 4 is 54.7 Å². The number of nitrogen functional groups attached to an aromatic ring is 1. The second-order valence-electron chi connectivity index (χ2n) is 12.6. The van der Waals surface area contributed by atoms with Crippen LogP contribution < -0.4 is 20.1 Å². The van der Waals surface area contributed by atoms with Crippen LogP contribution in [0.3, 0.4) is 0 Å². The number of ether oxygens (including phenoxy) is 2. The van der Waals surface area contributed by atoms with Gasteiger partial charge in [0, 0.05) is 24.1 Å². The Kier molecular flexibility index (Phi) is 6.94. The lowest BCUT2D eigenvalue weighted by atomic mass is 9.93. The van der Waals surface area contributed by atoms with Gasteiger partial charge in [-0.2, -0.15) is 15.2 Å². The van der Waals surface area contributed by atoms with E-state index in [1.807, 2.05) is 6.07 Å². The van der Waals surface area contributed by atoms with Gasteiger partial charge in [-0.25, -0.2) is 8.78 Å². The second-order valence-corrected chi connectivity index (χ2v) is 14.0. The summed E-state index contributed by atoms with van der Waals surface area (Å²) in [4.78, 5) is 14.0. The van der Waals surface area contributed by atoms with Crippen LogP contribution in [-0.2, 0) is 0 Å². The van der Waals surface area contributed by atoms with Crippen LogP contribution in [0, 0.1) is 28.9 Å². The van der Waals surface area contributed by atoms with Crippen LogP contribution in [0.4, 0.5) is 19.6 Å². The molecule has 0 spiro atoms. The Labute approximate surface area is 267 Å². The van der Waals surface area contributed by atoms with E-state index in [1.54, 1.807) is 0 Å². The molecule has 0 saturated carbocycles. The summed E-state index contributed by atoms with van der Waals surface area (Å²) in [6, 6.07) is 4.64. The highest BCUT2D eigenvalue weighted by Crippen LogP contribution is 2.51. The molecule has 4 aromatic rings. The summed E-state index contributed by atoms with van der Waals surface area (Å²) in [5.41, 5.74) is 6.20. The van der Waals surface area contributed by atoms with E-state index >= 15 is 4.39 Å². The SMILES string of the molecule is N#Cc1c(N)sc2c(F)ccc(-c3c(Cl)c4c5c(nc(OCC67CCCN6CCC7)nc5c3F)N3CC(CO)CCC3CO4)c12. The third-order valence-corrected chi connectivity index (χ3v) is 11.6. The highest BCUT2D eigenvalue weighted by molar-refractivity contribution is 7.23. The maximum Gasteiger partial charge on any atom is 0.319 e. The molecule has 4 aliphatic heterocycles. The smallest absolute Gasteiger partial charge is 0.319 e. The van der Waals surface area contributed by atoms with Gasteiger partial charge in [-0.05, 0) is 69.2 Å². The highest BCUT2D eigenvalue weighted by atomic mass is 35.5. The van der Waals surface area contributed by atoms with Gasteiger partial charge in [-0.15, -0.1) is 11.3 Å². The van der Waals surface area contributed by atoms with Gasteiger partial charge in [-0.3, -0.25) is 4.90 Å². The lowest BCUT2D eigenvalue weighted by Crippen LogP contribution is -2.47. The lowest BCUT2D eigenvalue weighted by molar-refractivity contribution is 0.107. The van der Waals surface area contributed by atoms with Crippen LogP contribution in [0.1, 0.15) is 44.1 Å². The quantitative estimate of drug-likeness (QED) is 0.273. The van der Waals surface area contributed by atoms with E-state index in [0.29, 0.717) is 24.4 Å². The highest BCUT2D eigenvalue weighted by Gasteiger charge is 2.45. The molecule has 2 aromatic carbocycles. The monoisotopic (exact) mass is 652 g/mol. The van der Waals surface area contributed by atoms with Gasteiger partial charge in [0.1, 0.15) is 41.4 Å². The van der Waals surface area contributed by atoms with Crippen molar-refractivity contribution in [3.63, 3.8) is 0 Å². The summed E-state index contributed by atoms with van der Waals surface area (Å²) in [7, 11) is 0. The fourth-order valence-corrected chi connectivity index (χ4v) is 9.19. The molecule has 2 aromatic heterocycles. The first kappa shape index (κ1) is 28.9. The van der Waals surface area contributed by atoms with Gasteiger partial charge >= 0.3 is 6.01 Å². The minimum atomic E-state index is -0.756. The van der Waals surface area contributed by atoms with Crippen molar-refractivity contribution in [2.45, 2.75) is 50.1 Å². The number of aliphatic hydroxyl groups is 1. The van der Waals surface area contributed by atoms with Gasteiger partial charge in [0.05, 0.1) is 32.3 Å². The number of halogens is 3. The molecule has 45 heavy (non-hydrogen) atoms. The summed E-state index contributed by atoms with van der Waals surface area (Å²) in [5.74, 6) is -0.640. The van der Waals surface area contributed by atoms with Crippen molar-refractivity contribution in [1.82, 2.24) is 14.9 Å². The van der Waals surface area contributed by atoms with Crippen LogP contribution in [-0.4, -0.2) is 71.0 Å². The van der Waals surface area contributed by atoms with E-state index in [1.165, 1.54) is 12.1 Å². The van der Waals surface area contributed by atoms with Gasteiger partial charge in [0.25, 0.3) is 0 Å². The van der Waals surface area contributed by atoms with Crippen molar-refractivity contribution < 1.29 is 23.4 Å². The van der Waals surface area contributed by atoms with E-state index in [9.17, 15) is 14.8 Å². The number of fused-ring (bicyclic) bond motifs is 4. The standard InChI is InChI=1S/C32H31ClF2N6O3S/c33-24-22(18-5-6-20(34)28-21(18)19(11-36)29(37)45-28)25(35)26-23-27(24)43-14-17-4-3-16(13-42)12-41(17)30(23)39-31(38-26)44-15-32-7-1-9-40(32)10-2-8-32/h5-6,16-17,42H,1-4,7-10,12-15,37H2. The number of piperidine rings is 1. The van der Waals surface area contributed by atoms with Crippen LogP contribution in [0.25, 0.3) is 32.1 Å². The number of nitrogens with zero attached hydrogens (tertiary/aromatic N) is 5. The van der Waals surface area contributed by atoms with Crippen molar-refractivity contribution in [3.8, 4) is 29.0 Å². The zero-order valence-electron chi connectivity index (χ0n) is 24.4. The average molecular weight is 653 g/mol. The molecular formula is C32H31ClF2N6O3S. The first-order valence-corrected chi connectivity index (χ1v) is 16.5. The van der Waals surface area contributed by atoms with Crippen molar-refractivity contribution in [2.24, 2.45) is 5.92 Å². The number of hydrogen-bond acceptors (Lipinski definition) is 10. The largest absolute Gasteiger partial charge is 0.489 e. The third kappa shape index (κ3) is 4.35. The van der Waals surface area contributed by atoms with Gasteiger partial charge in [-0.1, -0.05) is 17.7 Å². The van der Waals surface area contributed by atoms with Crippen LogP contribution in [0.2, 0.25) is 5.02 Å². The molecule has 234 valence electrons. The molecule has 8 rings (SSSR count). The molecule has 3 fully saturated rings. The minimum Gasteiger partial charge on any atom is -0.489 e. The van der Waals surface area contributed by atoms with Crippen LogP contribution >= 0.6 is 22.9 Å². The van der Waals surface area contributed by atoms with E-state index in [2.05, 4.69) is 14.8 Å². The molecular weight excluding hydrogens is 622 g/mol. The predicted molar refractivity (Wildman–Crippen MR) is 169 cm³/mol. The van der Waals surface area contributed by atoms with Crippen molar-refractivity contribution in [3.05, 3.63) is 34.4 Å². The summed E-state index contributed by atoms with van der Waals surface area (Å²) in [6.45, 7) is 3.25. The topological polar surface area (TPSA) is 121 Å². The van der Waals surface area contributed by atoms with Gasteiger partial charge in [0.2, 0.25) is 0 Å². The number of nitriles is 1. The molecule has 0 radical (unpaired) electrons. The fourth-order valence-electron chi connectivity index (χ4n) is 7.91. The number of anilines is 2. The number of thiophene rings is 1. The molecule has 2 atom stereocenters. The van der Waals surface area contributed by atoms with Crippen molar-refractivity contribution in [2.75, 3.05) is 50.1 Å². The summed E-state index contributed by atoms with van der Waals surface area (Å²) < 4.78 is 44.9. The molecule has 2 unspecified atom stereocenters. The molecule has 3 saturated heterocycles. The summed E-state index contributed by atoms with van der Waals surface area (Å²) in [5, 5.41) is 20.6. The molecule has 9 nitrogen and oxygen atoms in total. The number of rotatable bonds is 5. The molecule has 13 heteroatoms. The molecule has 0 bridgehead atoms. The Hall–Kier alpha value is -3.50. The fraction of sp³-hybridized carbons (Fsp3) is 0.469. The van der Waals surface area contributed by atoms with E-state index in [-0.39, 0.29) is 84.8 Å². The third-order valence-electron chi connectivity index (χ3n) is 10.2. The Balaban J connectivity index is 1.35. The molecule has 4 aliphatic rings. The Morgan fingerprint density at radius 3 is 2.76 bits per heavy atom. The minimum absolute atomic E-state index is 0.0159. The molecule has 0 aliphatic carbocycles. The normalized spacial score (nSPS) is 22.2. The summed E-state index contributed by atoms with van der Waals surface area (Å²) >= 11 is 7.96. The van der Waals surface area contributed by atoms with Crippen LogP contribution in [0.5, 0.6) is 11.8 Å². The van der Waals surface area contributed by atoms with Gasteiger partial charge < -0.3 is 25.2 Å². The predicted octanol–water partition coefficient (Wildman–Crippen LogP) is 5.87. The second kappa shape index (κ2) is 10.8. The average Bonchev–Trinajstić information content (AvgIpc) is 3.70. The molecule has 6 heterocycles. The summed E-state index contributed by atoms with van der Waals surface area (Å²) in [6.07, 6.45) is 5.81. The van der Waals surface area contributed by atoms with Crippen LogP contribution in [0.15, 0.2) is 12.1 Å². The number of benzene rings is 2. The van der Waals surface area contributed by atoms with E-state index in [0.717, 1.165) is 63.0 Å². The Morgan fingerprint density at radius 2 is 2.00 bits per heavy atom. The lowest BCUT2D eigenvalue weighted by Gasteiger charge is -2.38. The maximum atomic E-state index is 17.1. The number of nitrogens with two attached hydrogens (primary N) is 1. The molecule has 3 N–H and O–H groups in total. The number of aromatic nitrogens is 2. The number of hydrogen-bond donors (Lipinski definition) is 2. The van der Waals surface area contributed by atoms with Gasteiger partial charge in [0.15, 0.2) is 11.6 Å². The van der Waals surface area contributed by atoms with Crippen molar-refractivity contribution in [1.29, 1.82) is 5.26 Å². The first-order chi connectivity index (χ1) is 21.8. The van der Waals surface area contributed by atoms with E-state index < -0.39 is 11.6 Å². The Morgan fingerprint density at radius 1 is 1.20 bits per heavy atom. The first-order valence-electron chi connectivity index (χ1n) is 15.4. The maximum absolute atomic E-state index is 17.1. The zero-order chi connectivity index (χ0) is 31.0. The zero-order valence-corrected chi connectivity index (χ0v) is 26.0. The van der Waals surface area contributed by atoms with E-state index in [4.69, 9.17) is 31.8 Å². The molecule has 0 amide bonds.